The normalized spacial score (nSPS) is 12.0. The first-order chi connectivity index (χ1) is 11.2. The summed E-state index contributed by atoms with van der Waals surface area (Å²) in [4.78, 5) is 24.2. The number of nitrogens with one attached hydrogen (secondary N) is 3. The molecule has 0 fully saturated rings. The summed E-state index contributed by atoms with van der Waals surface area (Å²) in [5, 5.41) is 27.9. The van der Waals surface area contributed by atoms with Gasteiger partial charge in [0.1, 0.15) is 23.3 Å². The van der Waals surface area contributed by atoms with E-state index in [0.29, 0.717) is 16.6 Å². The van der Waals surface area contributed by atoms with Crippen molar-refractivity contribution in [3.8, 4) is 0 Å². The monoisotopic (exact) mass is 316 g/mol. The molecule has 2 aromatic heterocycles. The predicted molar refractivity (Wildman–Crippen MR) is 77.4 cm³/mol. The molecule has 23 heavy (non-hydrogen) atoms. The molecular weight excluding hydrogens is 304 g/mol. The summed E-state index contributed by atoms with van der Waals surface area (Å²) < 4.78 is 4.58. The molecule has 118 valence electrons. The first-order valence-corrected chi connectivity index (χ1v) is 6.61. The van der Waals surface area contributed by atoms with Crippen LogP contribution in [0.25, 0.3) is 11.0 Å². The third kappa shape index (κ3) is 3.16. The average molecular weight is 316 g/mol. The van der Waals surface area contributed by atoms with Gasteiger partial charge in [0.25, 0.3) is 11.8 Å². The van der Waals surface area contributed by atoms with Crippen molar-refractivity contribution in [2.24, 2.45) is 0 Å². The average Bonchev–Trinajstić information content (AvgIpc) is 3.22. The van der Waals surface area contributed by atoms with E-state index in [-0.39, 0.29) is 5.82 Å². The number of anilines is 1. The second-order valence-corrected chi connectivity index (χ2v) is 4.61. The highest BCUT2D eigenvalue weighted by Crippen LogP contribution is 2.11. The molecule has 0 saturated heterocycles. The Morgan fingerprint density at radius 1 is 1.26 bits per heavy atom. The Balaban J connectivity index is 1.70. The lowest BCUT2D eigenvalue weighted by atomic mass is 10.1. The first-order valence-electron chi connectivity index (χ1n) is 6.61. The topological polar surface area (TPSA) is 146 Å². The van der Waals surface area contributed by atoms with E-state index < -0.39 is 24.5 Å². The first kappa shape index (κ1) is 14.7. The van der Waals surface area contributed by atoms with Crippen LogP contribution in [0.4, 0.5) is 5.82 Å². The maximum absolute atomic E-state index is 12.2. The molecule has 0 spiro atoms. The van der Waals surface area contributed by atoms with E-state index in [2.05, 4.69) is 35.7 Å². The number of benzene rings is 1. The van der Waals surface area contributed by atoms with Crippen LogP contribution < -0.4 is 10.6 Å². The highest BCUT2D eigenvalue weighted by Gasteiger charge is 2.21. The third-order valence-electron chi connectivity index (χ3n) is 3.07. The molecule has 3 aromatic rings. The van der Waals surface area contributed by atoms with Gasteiger partial charge in [0.05, 0.1) is 6.61 Å². The van der Waals surface area contributed by atoms with Crippen LogP contribution in [0.3, 0.4) is 0 Å². The van der Waals surface area contributed by atoms with Crippen LogP contribution in [0.1, 0.15) is 10.4 Å². The van der Waals surface area contributed by atoms with Gasteiger partial charge in [-0.25, -0.2) is 0 Å². The molecule has 3 rings (SSSR count). The molecule has 4 N–H and O–H groups in total. The van der Waals surface area contributed by atoms with E-state index in [1.807, 2.05) is 0 Å². The van der Waals surface area contributed by atoms with Crippen LogP contribution in [0.15, 0.2) is 35.1 Å². The molecule has 1 aromatic carbocycles. The fourth-order valence-electron chi connectivity index (χ4n) is 1.91. The second kappa shape index (κ2) is 6.23. The molecule has 0 aliphatic rings. The van der Waals surface area contributed by atoms with E-state index in [4.69, 9.17) is 0 Å². The zero-order valence-electron chi connectivity index (χ0n) is 11.7. The Labute approximate surface area is 128 Å². The quantitative estimate of drug-likeness (QED) is 0.504. The van der Waals surface area contributed by atoms with Gasteiger partial charge in [0, 0.05) is 11.6 Å². The minimum absolute atomic E-state index is 0.187. The summed E-state index contributed by atoms with van der Waals surface area (Å²) in [5.41, 5.74) is 1.42. The van der Waals surface area contributed by atoms with E-state index in [1.54, 1.807) is 12.1 Å². The van der Waals surface area contributed by atoms with Crippen LogP contribution in [0, 0.1) is 0 Å². The molecular formula is C13H12N6O4. The van der Waals surface area contributed by atoms with Crippen molar-refractivity contribution in [3.63, 3.8) is 0 Å². The Kier molecular flexibility index (Phi) is 3.97. The van der Waals surface area contributed by atoms with Crippen molar-refractivity contribution in [3.05, 3.63) is 36.1 Å². The largest absolute Gasteiger partial charge is 0.394 e. The van der Waals surface area contributed by atoms with Gasteiger partial charge in [-0.2, -0.15) is 15.4 Å². The number of aromatic amines is 1. The van der Waals surface area contributed by atoms with Crippen LogP contribution in [0.2, 0.25) is 0 Å². The molecule has 0 saturated carbocycles. The number of aliphatic hydroxyl groups excluding tert-OH is 1. The number of aliphatic hydroxyl groups is 1. The smallest absolute Gasteiger partial charge is 0.252 e. The van der Waals surface area contributed by atoms with Crippen LogP contribution in [0.5, 0.6) is 0 Å². The lowest BCUT2D eigenvalue weighted by molar-refractivity contribution is -0.118. The van der Waals surface area contributed by atoms with Gasteiger partial charge in [0.15, 0.2) is 5.82 Å². The van der Waals surface area contributed by atoms with E-state index in [9.17, 15) is 14.7 Å². The summed E-state index contributed by atoms with van der Waals surface area (Å²) in [6, 6.07) is 5.00. The number of hydrogen-bond donors (Lipinski definition) is 4. The summed E-state index contributed by atoms with van der Waals surface area (Å²) in [5.74, 6) is -0.951. The van der Waals surface area contributed by atoms with Gasteiger partial charge in [-0.05, 0) is 18.2 Å². The molecule has 0 aliphatic carbocycles. The van der Waals surface area contributed by atoms with E-state index in [1.165, 1.54) is 18.4 Å². The third-order valence-corrected chi connectivity index (χ3v) is 3.07. The van der Waals surface area contributed by atoms with Gasteiger partial charge >= 0.3 is 0 Å². The molecule has 0 aliphatic heterocycles. The van der Waals surface area contributed by atoms with Crippen molar-refractivity contribution < 1.29 is 19.2 Å². The Morgan fingerprint density at radius 2 is 2.09 bits per heavy atom. The Morgan fingerprint density at radius 3 is 2.83 bits per heavy atom. The number of fused-ring (bicyclic) bond motifs is 1. The summed E-state index contributed by atoms with van der Waals surface area (Å²) in [7, 11) is 0. The molecule has 2 heterocycles. The maximum Gasteiger partial charge on any atom is 0.252 e. The number of carbonyl (C=O) groups is 2. The van der Waals surface area contributed by atoms with Crippen LogP contribution >= 0.6 is 0 Å². The fourth-order valence-corrected chi connectivity index (χ4v) is 1.91. The number of nitrogens with zero attached hydrogens (tertiary/aromatic N) is 3. The highest BCUT2D eigenvalue weighted by molar-refractivity contribution is 6.02. The van der Waals surface area contributed by atoms with Gasteiger partial charge in [0.2, 0.25) is 0 Å². The number of aromatic nitrogens is 4. The Bertz CT molecular complexity index is 828. The van der Waals surface area contributed by atoms with Crippen molar-refractivity contribution in [2.75, 3.05) is 11.9 Å². The molecule has 2 amide bonds. The summed E-state index contributed by atoms with van der Waals surface area (Å²) in [6.07, 6.45) is 1.29. The molecule has 10 heteroatoms. The van der Waals surface area contributed by atoms with Crippen molar-refractivity contribution in [2.45, 2.75) is 6.04 Å². The fraction of sp³-hybridized carbons (Fsp3) is 0.154. The summed E-state index contributed by atoms with van der Waals surface area (Å²) >= 11 is 0. The molecule has 1 atom stereocenters. The van der Waals surface area contributed by atoms with Crippen LogP contribution in [-0.2, 0) is 4.79 Å². The zero-order chi connectivity index (χ0) is 16.2. The van der Waals surface area contributed by atoms with E-state index in [0.717, 1.165) is 0 Å². The standard InChI is InChI=1S/C13H12N6O4/c20-6-10(13(22)15-11-3-4-23-18-11)14-12(21)7-1-2-8-9(5-7)17-19-16-8/h1-5,10,20H,6H2,(H,14,21)(H,15,18,22)(H,16,17,19)/t10-/m0/s1. The van der Waals surface area contributed by atoms with Crippen molar-refractivity contribution in [1.82, 2.24) is 25.9 Å². The van der Waals surface area contributed by atoms with Gasteiger partial charge in [-0.1, -0.05) is 5.16 Å². The number of H-pyrrole nitrogens is 1. The highest BCUT2D eigenvalue weighted by atomic mass is 16.5. The van der Waals surface area contributed by atoms with Gasteiger partial charge < -0.3 is 20.3 Å². The van der Waals surface area contributed by atoms with E-state index >= 15 is 0 Å². The number of rotatable bonds is 5. The zero-order valence-corrected chi connectivity index (χ0v) is 11.7. The summed E-state index contributed by atoms with van der Waals surface area (Å²) in [6.45, 7) is -0.568. The lowest BCUT2D eigenvalue weighted by Crippen LogP contribution is -2.46. The minimum Gasteiger partial charge on any atom is -0.394 e. The van der Waals surface area contributed by atoms with Crippen molar-refractivity contribution >= 4 is 28.7 Å². The molecule has 10 nitrogen and oxygen atoms in total. The molecule has 0 radical (unpaired) electrons. The second-order valence-electron chi connectivity index (χ2n) is 4.61. The Hall–Kier alpha value is -3.27. The minimum atomic E-state index is -1.13. The number of carbonyl (C=O) groups excluding carboxylic acids is 2. The maximum atomic E-state index is 12.2. The number of hydrogen-bond acceptors (Lipinski definition) is 7. The van der Waals surface area contributed by atoms with Crippen molar-refractivity contribution in [1.29, 1.82) is 0 Å². The molecule has 0 bridgehead atoms. The van der Waals surface area contributed by atoms with Gasteiger partial charge in [-0.15, -0.1) is 0 Å². The van der Waals surface area contributed by atoms with Gasteiger partial charge in [-0.3, -0.25) is 9.59 Å². The lowest BCUT2D eigenvalue weighted by Gasteiger charge is -2.15. The predicted octanol–water partition coefficient (Wildman–Crippen LogP) is -0.325. The number of amides is 2. The van der Waals surface area contributed by atoms with Crippen LogP contribution in [-0.4, -0.2) is 50.1 Å². The molecule has 0 unspecified atom stereocenters. The SMILES string of the molecule is O=C(N[C@@H](CO)C(=O)Nc1ccon1)c1ccc2n[nH]nc2c1.